The van der Waals surface area contributed by atoms with Gasteiger partial charge in [-0.2, -0.15) is 0 Å². The molecular formula is C14H24N4O2. The highest BCUT2D eigenvalue weighted by atomic mass is 16.5. The van der Waals surface area contributed by atoms with Crippen LogP contribution < -0.4 is 5.73 Å². The number of guanidine groups is 1. The summed E-state index contributed by atoms with van der Waals surface area (Å²) < 4.78 is 5.49. The summed E-state index contributed by atoms with van der Waals surface area (Å²) in [6, 6.07) is 0.522. The monoisotopic (exact) mass is 280 g/mol. The number of carbonyl (C=O) groups excluding carboxylic acids is 1. The largest absolute Gasteiger partial charge is 0.375 e. The Labute approximate surface area is 119 Å². The second kappa shape index (κ2) is 5.60. The third-order valence-electron chi connectivity index (χ3n) is 4.30. The molecule has 0 spiro atoms. The molecule has 1 aliphatic carbocycles. The maximum atomic E-state index is 11.9. The number of aliphatic imine (C=N–C) groups is 1. The fraction of sp³-hybridized carbons (Fsp3) is 0.857. The number of hydrogen-bond acceptors (Lipinski definition) is 3. The van der Waals surface area contributed by atoms with Gasteiger partial charge in [-0.15, -0.1) is 0 Å². The maximum absolute atomic E-state index is 11.9. The van der Waals surface area contributed by atoms with Crippen LogP contribution in [0.3, 0.4) is 0 Å². The Hall–Kier alpha value is -1.30. The van der Waals surface area contributed by atoms with E-state index in [-0.39, 0.29) is 6.10 Å². The number of carbonyl (C=O) groups is 1. The third-order valence-corrected chi connectivity index (χ3v) is 4.30. The van der Waals surface area contributed by atoms with Gasteiger partial charge in [0.05, 0.1) is 12.7 Å². The van der Waals surface area contributed by atoms with Crippen molar-refractivity contribution in [1.82, 2.24) is 9.80 Å². The zero-order valence-corrected chi connectivity index (χ0v) is 12.1. The smallest absolute Gasteiger partial charge is 0.223 e. The van der Waals surface area contributed by atoms with Gasteiger partial charge in [-0.1, -0.05) is 0 Å². The van der Waals surface area contributed by atoms with E-state index < -0.39 is 0 Å². The summed E-state index contributed by atoms with van der Waals surface area (Å²) in [4.78, 5) is 20.5. The summed E-state index contributed by atoms with van der Waals surface area (Å²) in [7, 11) is 0. The second-order valence-corrected chi connectivity index (χ2v) is 6.17. The molecule has 0 aromatic rings. The standard InChI is InChI=1S/C14H24N4O2/c1-10-8-17(4-5-20-10)14(15)16-7-11-6-13(19)18(9-11)12-2-3-12/h10-12H,2-9H2,1H3,(H2,15,16). The Bertz CT molecular complexity index is 408. The minimum absolute atomic E-state index is 0.205. The molecule has 112 valence electrons. The van der Waals surface area contributed by atoms with E-state index in [1.807, 2.05) is 11.8 Å². The molecule has 1 amide bonds. The second-order valence-electron chi connectivity index (χ2n) is 6.17. The molecule has 1 saturated carbocycles. The van der Waals surface area contributed by atoms with Crippen LogP contribution in [-0.2, 0) is 9.53 Å². The van der Waals surface area contributed by atoms with Gasteiger partial charge in [-0.05, 0) is 19.8 Å². The first kappa shape index (κ1) is 13.7. The van der Waals surface area contributed by atoms with Crippen LogP contribution in [0.1, 0.15) is 26.2 Å². The van der Waals surface area contributed by atoms with Crippen molar-refractivity contribution < 1.29 is 9.53 Å². The molecule has 0 bridgehead atoms. The minimum Gasteiger partial charge on any atom is -0.375 e. The van der Waals surface area contributed by atoms with Gasteiger partial charge in [-0.25, -0.2) is 0 Å². The van der Waals surface area contributed by atoms with Crippen molar-refractivity contribution in [2.45, 2.75) is 38.3 Å². The summed E-state index contributed by atoms with van der Waals surface area (Å²) >= 11 is 0. The van der Waals surface area contributed by atoms with E-state index in [4.69, 9.17) is 10.5 Å². The van der Waals surface area contributed by atoms with Crippen LogP contribution in [0.2, 0.25) is 0 Å². The Morgan fingerprint density at radius 3 is 2.95 bits per heavy atom. The first-order valence-electron chi connectivity index (χ1n) is 7.59. The van der Waals surface area contributed by atoms with Gasteiger partial charge in [-0.3, -0.25) is 9.79 Å². The lowest BCUT2D eigenvalue weighted by molar-refractivity contribution is -0.128. The normalized spacial score (nSPS) is 32.0. The van der Waals surface area contributed by atoms with E-state index in [0.717, 1.165) is 19.6 Å². The molecule has 2 saturated heterocycles. The van der Waals surface area contributed by atoms with Gasteiger partial charge in [0.15, 0.2) is 5.96 Å². The number of amides is 1. The predicted octanol–water partition coefficient (Wildman–Crippen LogP) is 0.0327. The Morgan fingerprint density at radius 1 is 1.45 bits per heavy atom. The quantitative estimate of drug-likeness (QED) is 0.585. The number of nitrogens with zero attached hydrogens (tertiary/aromatic N) is 3. The lowest BCUT2D eigenvalue weighted by atomic mass is 10.1. The molecule has 2 N–H and O–H groups in total. The van der Waals surface area contributed by atoms with E-state index in [0.29, 0.717) is 43.4 Å². The number of nitrogens with two attached hydrogens (primary N) is 1. The van der Waals surface area contributed by atoms with Gasteiger partial charge >= 0.3 is 0 Å². The van der Waals surface area contributed by atoms with Crippen molar-refractivity contribution in [3.63, 3.8) is 0 Å². The summed E-state index contributed by atoms with van der Waals surface area (Å²) in [6.07, 6.45) is 3.19. The Morgan fingerprint density at radius 2 is 2.25 bits per heavy atom. The van der Waals surface area contributed by atoms with Crippen molar-refractivity contribution in [3.8, 4) is 0 Å². The average molecular weight is 280 g/mol. The number of morpholine rings is 1. The molecule has 20 heavy (non-hydrogen) atoms. The van der Waals surface area contributed by atoms with Gasteiger partial charge in [0.2, 0.25) is 5.91 Å². The molecule has 0 aromatic heterocycles. The number of ether oxygens (including phenoxy) is 1. The molecule has 0 aromatic carbocycles. The number of hydrogen-bond donors (Lipinski definition) is 1. The van der Waals surface area contributed by atoms with Gasteiger partial charge < -0.3 is 20.3 Å². The van der Waals surface area contributed by atoms with Gasteiger partial charge in [0.1, 0.15) is 0 Å². The van der Waals surface area contributed by atoms with Crippen LogP contribution in [-0.4, -0.2) is 66.6 Å². The molecule has 2 heterocycles. The van der Waals surface area contributed by atoms with Crippen LogP contribution in [0.25, 0.3) is 0 Å². The van der Waals surface area contributed by atoms with E-state index in [9.17, 15) is 4.79 Å². The summed E-state index contributed by atoms with van der Waals surface area (Å²) in [5.41, 5.74) is 6.05. The zero-order valence-electron chi connectivity index (χ0n) is 12.1. The molecule has 3 rings (SSSR count). The van der Waals surface area contributed by atoms with Crippen molar-refractivity contribution >= 4 is 11.9 Å². The molecule has 2 atom stereocenters. The molecule has 0 radical (unpaired) electrons. The average Bonchev–Trinajstić information content (AvgIpc) is 3.20. The molecule has 3 aliphatic rings. The summed E-state index contributed by atoms with van der Waals surface area (Å²) in [5, 5.41) is 0. The molecule has 6 heteroatoms. The molecular weight excluding hydrogens is 256 g/mol. The summed E-state index contributed by atoms with van der Waals surface area (Å²) in [5.74, 6) is 1.23. The van der Waals surface area contributed by atoms with E-state index in [1.54, 1.807) is 0 Å². The SMILES string of the molecule is CC1CN(C(N)=NCC2CC(=O)N(C3CC3)C2)CCO1. The Kier molecular flexibility index (Phi) is 3.83. The van der Waals surface area contributed by atoms with Crippen LogP contribution in [0.5, 0.6) is 0 Å². The lowest BCUT2D eigenvalue weighted by Gasteiger charge is -2.32. The topological polar surface area (TPSA) is 71.2 Å². The maximum Gasteiger partial charge on any atom is 0.223 e. The van der Waals surface area contributed by atoms with Crippen LogP contribution in [0.15, 0.2) is 4.99 Å². The van der Waals surface area contributed by atoms with Crippen LogP contribution >= 0.6 is 0 Å². The zero-order chi connectivity index (χ0) is 14.1. The van der Waals surface area contributed by atoms with E-state index in [1.165, 1.54) is 12.8 Å². The number of rotatable bonds is 3. The van der Waals surface area contributed by atoms with Crippen molar-refractivity contribution in [2.24, 2.45) is 16.6 Å². The Balaban J connectivity index is 1.50. The predicted molar refractivity (Wildman–Crippen MR) is 76.3 cm³/mol. The third kappa shape index (κ3) is 3.06. The molecule has 2 aliphatic heterocycles. The van der Waals surface area contributed by atoms with Crippen molar-refractivity contribution in [2.75, 3.05) is 32.8 Å². The minimum atomic E-state index is 0.205. The van der Waals surface area contributed by atoms with Gasteiger partial charge in [0, 0.05) is 44.6 Å². The molecule has 3 fully saturated rings. The molecule has 2 unspecified atom stereocenters. The van der Waals surface area contributed by atoms with E-state index >= 15 is 0 Å². The fourth-order valence-corrected chi connectivity index (χ4v) is 3.02. The highest BCUT2D eigenvalue weighted by Gasteiger charge is 2.39. The van der Waals surface area contributed by atoms with Crippen LogP contribution in [0, 0.1) is 5.92 Å². The first-order valence-corrected chi connectivity index (χ1v) is 7.59. The first-order chi connectivity index (χ1) is 9.63. The highest BCUT2D eigenvalue weighted by Crippen LogP contribution is 2.32. The highest BCUT2D eigenvalue weighted by molar-refractivity contribution is 5.80. The number of likely N-dealkylation sites (tertiary alicyclic amines) is 1. The van der Waals surface area contributed by atoms with Crippen molar-refractivity contribution in [3.05, 3.63) is 0 Å². The van der Waals surface area contributed by atoms with E-state index in [2.05, 4.69) is 9.89 Å². The summed E-state index contributed by atoms with van der Waals surface area (Å²) in [6.45, 7) is 5.87. The van der Waals surface area contributed by atoms with Gasteiger partial charge in [0.25, 0.3) is 0 Å². The van der Waals surface area contributed by atoms with Crippen molar-refractivity contribution in [1.29, 1.82) is 0 Å². The fourth-order valence-electron chi connectivity index (χ4n) is 3.02. The van der Waals surface area contributed by atoms with Crippen LogP contribution in [0.4, 0.5) is 0 Å². The lowest BCUT2D eigenvalue weighted by Crippen LogP contribution is -2.48. The molecule has 6 nitrogen and oxygen atoms in total.